The highest BCUT2D eigenvalue weighted by molar-refractivity contribution is 7.15. The van der Waals surface area contributed by atoms with Crippen LogP contribution in [0.15, 0.2) is 47.3 Å². The van der Waals surface area contributed by atoms with Crippen molar-refractivity contribution in [3.63, 3.8) is 0 Å². The first-order valence-electron chi connectivity index (χ1n) is 8.99. The Kier molecular flexibility index (Phi) is 5.48. The van der Waals surface area contributed by atoms with Gasteiger partial charge in [0.05, 0.1) is 31.2 Å². The van der Waals surface area contributed by atoms with Crippen LogP contribution in [-0.2, 0) is 17.8 Å². The first-order chi connectivity index (χ1) is 14.1. The van der Waals surface area contributed by atoms with Crippen LogP contribution in [0.1, 0.15) is 20.9 Å². The van der Waals surface area contributed by atoms with Gasteiger partial charge >= 0.3 is 0 Å². The van der Waals surface area contributed by atoms with Crippen LogP contribution in [0, 0.1) is 0 Å². The number of carbonyl (C=O) groups is 2. The molecule has 0 radical (unpaired) electrons. The van der Waals surface area contributed by atoms with Crippen LogP contribution < -0.4 is 14.8 Å². The van der Waals surface area contributed by atoms with Crippen LogP contribution >= 0.6 is 11.3 Å². The fourth-order valence-electron chi connectivity index (χ4n) is 2.95. The number of thiazole rings is 1. The van der Waals surface area contributed by atoms with Crippen LogP contribution in [0.3, 0.4) is 0 Å². The predicted molar refractivity (Wildman–Crippen MR) is 106 cm³/mol. The Bertz CT molecular complexity index is 1020. The monoisotopic (exact) mass is 413 g/mol. The highest BCUT2D eigenvalue weighted by atomic mass is 32.1. The van der Waals surface area contributed by atoms with Crippen LogP contribution in [0.25, 0.3) is 0 Å². The highest BCUT2D eigenvalue weighted by Crippen LogP contribution is 2.29. The minimum Gasteiger partial charge on any atom is -0.497 e. The Hall–Kier alpha value is -3.33. The second-order valence-electron chi connectivity index (χ2n) is 6.39. The second-order valence-corrected chi connectivity index (χ2v) is 7.47. The summed E-state index contributed by atoms with van der Waals surface area (Å²) < 4.78 is 15.7. The number of nitrogens with one attached hydrogen (secondary N) is 1. The second kappa shape index (κ2) is 8.36. The largest absolute Gasteiger partial charge is 0.497 e. The number of nitrogens with zero attached hydrogens (tertiary/aromatic N) is 2. The molecule has 1 aromatic carbocycles. The zero-order chi connectivity index (χ0) is 20.2. The Morgan fingerprint density at radius 3 is 2.97 bits per heavy atom. The summed E-state index contributed by atoms with van der Waals surface area (Å²) in [6.07, 6.45) is 3.46. The van der Waals surface area contributed by atoms with Crippen LogP contribution in [0.2, 0.25) is 0 Å². The third kappa shape index (κ3) is 4.40. The third-order valence-corrected chi connectivity index (χ3v) is 5.49. The number of rotatable bonds is 6. The van der Waals surface area contributed by atoms with E-state index in [1.165, 1.54) is 23.9 Å². The molecule has 0 spiro atoms. The van der Waals surface area contributed by atoms with E-state index in [1.807, 2.05) is 12.1 Å². The van der Waals surface area contributed by atoms with E-state index in [2.05, 4.69) is 10.3 Å². The van der Waals surface area contributed by atoms with Crippen molar-refractivity contribution in [2.24, 2.45) is 0 Å². The Labute approximate surface area is 171 Å². The van der Waals surface area contributed by atoms with Gasteiger partial charge in [0.15, 0.2) is 11.7 Å². The maximum absolute atomic E-state index is 12.5. The summed E-state index contributed by atoms with van der Waals surface area (Å²) in [6, 6.07) is 8.73. The molecule has 1 aliphatic heterocycles. The summed E-state index contributed by atoms with van der Waals surface area (Å²) in [5, 5.41) is 3.29. The number of fused-ring (bicyclic) bond motifs is 1. The molecule has 29 heavy (non-hydrogen) atoms. The molecule has 2 amide bonds. The fraction of sp³-hybridized carbons (Fsp3) is 0.250. The molecule has 1 aliphatic rings. The highest BCUT2D eigenvalue weighted by Gasteiger charge is 2.25. The first-order valence-corrected chi connectivity index (χ1v) is 9.81. The average Bonchev–Trinajstić information content (AvgIpc) is 3.41. The van der Waals surface area contributed by atoms with Gasteiger partial charge in [-0.2, -0.15) is 0 Å². The molecule has 0 bridgehead atoms. The van der Waals surface area contributed by atoms with E-state index in [4.69, 9.17) is 13.9 Å². The number of aromatic nitrogens is 1. The van der Waals surface area contributed by atoms with Crippen LogP contribution in [-0.4, -0.2) is 42.0 Å². The summed E-state index contributed by atoms with van der Waals surface area (Å²) in [5.74, 6) is 0.880. The van der Waals surface area contributed by atoms with Gasteiger partial charge in [0.1, 0.15) is 17.8 Å². The van der Waals surface area contributed by atoms with Crippen molar-refractivity contribution in [1.29, 1.82) is 0 Å². The molecule has 0 unspecified atom stereocenters. The Balaban J connectivity index is 1.35. The number of ether oxygens (including phenoxy) is 2. The lowest BCUT2D eigenvalue weighted by molar-refractivity contribution is -0.134. The maximum atomic E-state index is 12.5. The Morgan fingerprint density at radius 2 is 2.17 bits per heavy atom. The molecule has 0 aliphatic carbocycles. The number of hydrogen-bond acceptors (Lipinski definition) is 7. The molecular weight excluding hydrogens is 394 g/mol. The van der Waals surface area contributed by atoms with Gasteiger partial charge in [-0.05, 0) is 18.2 Å². The van der Waals surface area contributed by atoms with Crippen molar-refractivity contribution in [3.8, 4) is 11.5 Å². The van der Waals surface area contributed by atoms with Gasteiger partial charge in [0.25, 0.3) is 11.8 Å². The lowest BCUT2D eigenvalue weighted by Crippen LogP contribution is -2.38. The van der Waals surface area contributed by atoms with Crippen molar-refractivity contribution in [2.45, 2.75) is 13.0 Å². The third-order valence-electron chi connectivity index (χ3n) is 4.49. The number of benzene rings is 1. The van der Waals surface area contributed by atoms with E-state index in [1.54, 1.807) is 30.2 Å². The smallest absolute Gasteiger partial charge is 0.260 e. The van der Waals surface area contributed by atoms with E-state index in [0.717, 1.165) is 10.6 Å². The lowest BCUT2D eigenvalue weighted by atomic mass is 10.2. The summed E-state index contributed by atoms with van der Waals surface area (Å²) in [6.45, 7) is 0.965. The maximum Gasteiger partial charge on any atom is 0.260 e. The van der Waals surface area contributed by atoms with Gasteiger partial charge < -0.3 is 18.8 Å². The molecule has 2 aromatic heterocycles. The number of furan rings is 1. The van der Waals surface area contributed by atoms with Gasteiger partial charge in [0, 0.05) is 23.9 Å². The standard InChI is InChI=1S/C20H19N3O5S/c1-26-14-3-2-4-15(9-14)28-12-18(24)23-7-5-16-17(10-23)29-20(21-16)22-19(25)13-6-8-27-11-13/h2-4,6,8-9,11H,5,7,10,12H2,1H3,(H,21,22,25). The van der Waals surface area contributed by atoms with E-state index >= 15 is 0 Å². The minimum absolute atomic E-state index is 0.0502. The van der Waals surface area contributed by atoms with Crippen molar-refractivity contribution < 1.29 is 23.5 Å². The molecule has 8 nitrogen and oxygen atoms in total. The molecular formula is C20H19N3O5S. The predicted octanol–water partition coefficient (Wildman–Crippen LogP) is 2.96. The van der Waals surface area contributed by atoms with Gasteiger partial charge in [-0.25, -0.2) is 4.98 Å². The molecule has 0 fully saturated rings. The number of amides is 2. The van der Waals surface area contributed by atoms with E-state index in [0.29, 0.717) is 41.7 Å². The van der Waals surface area contributed by atoms with Gasteiger partial charge in [0.2, 0.25) is 0 Å². The molecule has 0 saturated carbocycles. The van der Waals surface area contributed by atoms with E-state index < -0.39 is 0 Å². The van der Waals surface area contributed by atoms with E-state index in [-0.39, 0.29) is 18.4 Å². The lowest BCUT2D eigenvalue weighted by Gasteiger charge is -2.26. The number of carbonyl (C=O) groups excluding carboxylic acids is 2. The quantitative estimate of drug-likeness (QED) is 0.668. The normalized spacial score (nSPS) is 12.9. The first kappa shape index (κ1) is 19.0. The molecule has 9 heteroatoms. The van der Waals surface area contributed by atoms with E-state index in [9.17, 15) is 9.59 Å². The zero-order valence-corrected chi connectivity index (χ0v) is 16.5. The van der Waals surface area contributed by atoms with Crippen LogP contribution in [0.4, 0.5) is 5.13 Å². The summed E-state index contributed by atoms with van der Waals surface area (Å²) in [5.41, 5.74) is 1.35. The summed E-state index contributed by atoms with van der Waals surface area (Å²) in [7, 11) is 1.58. The number of methoxy groups -OCH3 is 1. The number of anilines is 1. The molecule has 4 rings (SSSR count). The SMILES string of the molecule is COc1cccc(OCC(=O)N2CCc3nc(NC(=O)c4ccoc4)sc3C2)c1. The van der Waals surface area contributed by atoms with Crippen molar-refractivity contribution in [3.05, 3.63) is 59.0 Å². The minimum atomic E-state index is -0.274. The van der Waals surface area contributed by atoms with Crippen molar-refractivity contribution in [1.82, 2.24) is 9.88 Å². The zero-order valence-electron chi connectivity index (χ0n) is 15.7. The van der Waals surface area contributed by atoms with Gasteiger partial charge in [-0.1, -0.05) is 17.4 Å². The van der Waals surface area contributed by atoms with Crippen LogP contribution in [0.5, 0.6) is 11.5 Å². The van der Waals surface area contributed by atoms with Crippen molar-refractivity contribution >= 4 is 28.3 Å². The summed E-state index contributed by atoms with van der Waals surface area (Å²) >= 11 is 1.38. The van der Waals surface area contributed by atoms with Gasteiger partial charge in [-0.15, -0.1) is 0 Å². The average molecular weight is 413 g/mol. The number of hydrogen-bond donors (Lipinski definition) is 1. The fourth-order valence-corrected chi connectivity index (χ4v) is 3.97. The summed E-state index contributed by atoms with van der Waals surface area (Å²) in [4.78, 5) is 31.9. The Morgan fingerprint density at radius 1 is 1.31 bits per heavy atom. The van der Waals surface area contributed by atoms with Gasteiger partial charge in [-0.3, -0.25) is 14.9 Å². The molecule has 0 saturated heterocycles. The molecule has 150 valence electrons. The van der Waals surface area contributed by atoms with Crippen molar-refractivity contribution in [2.75, 3.05) is 25.6 Å². The molecule has 3 heterocycles. The molecule has 3 aromatic rings. The topological polar surface area (TPSA) is 93.9 Å². The molecule has 1 N–H and O–H groups in total. The molecule has 0 atom stereocenters.